The number of nitrogens with zero attached hydrogens (tertiary/aromatic N) is 4. The molecule has 1 rings (SSSR count). The first-order chi connectivity index (χ1) is 5.88. The Balaban J connectivity index is 2.95. The summed E-state index contributed by atoms with van der Waals surface area (Å²) < 4.78 is 0. The highest BCUT2D eigenvalue weighted by Crippen LogP contribution is 2.03. The maximum atomic E-state index is 8.42. The predicted octanol–water partition coefficient (Wildman–Crippen LogP) is 0.609. The van der Waals surface area contributed by atoms with Gasteiger partial charge in [-0.2, -0.15) is 10.5 Å². The van der Waals surface area contributed by atoms with Gasteiger partial charge in [-0.05, 0) is 0 Å². The van der Waals surface area contributed by atoms with E-state index in [4.69, 9.17) is 10.5 Å². The average Bonchev–Trinajstić information content (AvgIpc) is 2.09. The van der Waals surface area contributed by atoms with Crippen LogP contribution in [0.3, 0.4) is 0 Å². The molecule has 4 heteroatoms. The van der Waals surface area contributed by atoms with Crippen LogP contribution in [0.25, 0.3) is 0 Å². The number of hydrogen-bond acceptors (Lipinski definition) is 4. The molecule has 0 atom stereocenters. The van der Waals surface area contributed by atoms with E-state index in [-0.39, 0.29) is 12.8 Å². The van der Waals surface area contributed by atoms with E-state index in [1.165, 1.54) is 6.33 Å². The largest absolute Gasteiger partial charge is 0.244 e. The van der Waals surface area contributed by atoms with Gasteiger partial charge in [0.1, 0.15) is 6.33 Å². The minimum absolute atomic E-state index is 0.236. The van der Waals surface area contributed by atoms with Crippen LogP contribution in [0, 0.1) is 22.7 Å². The van der Waals surface area contributed by atoms with Crippen molar-refractivity contribution in [1.82, 2.24) is 9.97 Å². The summed E-state index contributed by atoms with van der Waals surface area (Å²) in [5.74, 6) is 0. The van der Waals surface area contributed by atoms with Crippen molar-refractivity contribution in [3.8, 4) is 12.1 Å². The van der Waals surface area contributed by atoms with Gasteiger partial charge >= 0.3 is 0 Å². The summed E-state index contributed by atoms with van der Waals surface area (Å²) in [5.41, 5.74) is 1.38. The van der Waals surface area contributed by atoms with Gasteiger partial charge in [-0.15, -0.1) is 0 Å². The molecule has 0 fully saturated rings. The van der Waals surface area contributed by atoms with Crippen LogP contribution < -0.4 is 0 Å². The van der Waals surface area contributed by atoms with Crippen molar-refractivity contribution in [2.45, 2.75) is 12.8 Å². The molecule has 1 heterocycles. The summed E-state index contributed by atoms with van der Waals surface area (Å²) in [6.45, 7) is 0. The fourth-order valence-corrected chi connectivity index (χ4v) is 0.851. The van der Waals surface area contributed by atoms with Crippen LogP contribution in [0.5, 0.6) is 0 Å². The fourth-order valence-electron chi connectivity index (χ4n) is 0.851. The molecule has 0 amide bonds. The second-order valence-corrected chi connectivity index (χ2v) is 2.16. The van der Waals surface area contributed by atoms with Crippen LogP contribution in [-0.4, -0.2) is 9.97 Å². The minimum Gasteiger partial charge on any atom is -0.244 e. The minimum atomic E-state index is 0.236. The number of aromatic nitrogens is 2. The Morgan fingerprint density at radius 1 is 1.25 bits per heavy atom. The zero-order valence-electron chi connectivity index (χ0n) is 6.36. The maximum absolute atomic E-state index is 8.42. The molecule has 1 aromatic heterocycles. The van der Waals surface area contributed by atoms with E-state index in [0.717, 1.165) is 5.56 Å². The summed E-state index contributed by atoms with van der Waals surface area (Å²) >= 11 is 0. The Kier molecular flexibility index (Phi) is 2.75. The van der Waals surface area contributed by atoms with Gasteiger partial charge in [0.2, 0.25) is 0 Å². The third-order valence-corrected chi connectivity index (χ3v) is 1.40. The predicted molar refractivity (Wildman–Crippen MR) is 40.7 cm³/mol. The summed E-state index contributed by atoms with van der Waals surface area (Å²) in [5, 5.41) is 16.8. The Morgan fingerprint density at radius 2 is 2.00 bits per heavy atom. The van der Waals surface area contributed by atoms with Crippen molar-refractivity contribution >= 4 is 0 Å². The Hall–Kier alpha value is -1.94. The van der Waals surface area contributed by atoms with E-state index in [1.54, 1.807) is 6.20 Å². The van der Waals surface area contributed by atoms with E-state index in [1.807, 2.05) is 12.1 Å². The Morgan fingerprint density at radius 3 is 2.67 bits per heavy atom. The highest BCUT2D eigenvalue weighted by molar-refractivity contribution is 5.21. The molecular weight excluding hydrogens is 152 g/mol. The fraction of sp³-hybridized carbons (Fsp3) is 0.250. The molecule has 4 nitrogen and oxygen atoms in total. The van der Waals surface area contributed by atoms with Crippen molar-refractivity contribution < 1.29 is 0 Å². The van der Waals surface area contributed by atoms with E-state index in [0.29, 0.717) is 5.69 Å². The molecule has 0 aliphatic carbocycles. The zero-order chi connectivity index (χ0) is 8.81. The zero-order valence-corrected chi connectivity index (χ0v) is 6.36. The lowest BCUT2D eigenvalue weighted by molar-refractivity contribution is 0.994. The highest BCUT2D eigenvalue weighted by Gasteiger charge is 2.01. The summed E-state index contributed by atoms with van der Waals surface area (Å²) in [4.78, 5) is 7.68. The first-order valence-electron chi connectivity index (χ1n) is 3.40. The second kappa shape index (κ2) is 4.05. The van der Waals surface area contributed by atoms with Crippen molar-refractivity contribution in [1.29, 1.82) is 10.5 Å². The van der Waals surface area contributed by atoms with Crippen molar-refractivity contribution in [3.63, 3.8) is 0 Å². The van der Waals surface area contributed by atoms with Gasteiger partial charge in [-0.3, -0.25) is 0 Å². The molecule has 0 aliphatic heterocycles. The van der Waals surface area contributed by atoms with Gasteiger partial charge in [0.15, 0.2) is 0 Å². The van der Waals surface area contributed by atoms with Crippen LogP contribution in [0.2, 0.25) is 0 Å². The normalized spacial score (nSPS) is 8.50. The molecule has 58 valence electrons. The standard InChI is InChI=1S/C8H6N4/c9-3-1-7-5-11-6-12-8(7)2-4-10/h5-6H,1-2H2. The first kappa shape index (κ1) is 8.16. The first-order valence-corrected chi connectivity index (χ1v) is 3.40. The third kappa shape index (κ3) is 1.77. The van der Waals surface area contributed by atoms with Crippen LogP contribution in [-0.2, 0) is 12.8 Å². The topological polar surface area (TPSA) is 73.4 Å². The van der Waals surface area contributed by atoms with Crippen LogP contribution in [0.4, 0.5) is 0 Å². The highest BCUT2D eigenvalue weighted by atomic mass is 14.8. The van der Waals surface area contributed by atoms with Crippen LogP contribution in [0.1, 0.15) is 11.3 Å². The quantitative estimate of drug-likeness (QED) is 0.632. The molecule has 1 aromatic rings. The van der Waals surface area contributed by atoms with Gasteiger partial charge in [0, 0.05) is 11.8 Å². The Labute approximate surface area is 70.1 Å². The summed E-state index contributed by atoms with van der Waals surface area (Å²) in [7, 11) is 0. The molecule has 0 radical (unpaired) electrons. The van der Waals surface area contributed by atoms with E-state index < -0.39 is 0 Å². The van der Waals surface area contributed by atoms with Gasteiger partial charge in [-0.1, -0.05) is 0 Å². The molecule has 0 spiro atoms. The van der Waals surface area contributed by atoms with Crippen LogP contribution in [0.15, 0.2) is 12.5 Å². The molecule has 0 unspecified atom stereocenters. The summed E-state index contributed by atoms with van der Waals surface area (Å²) in [6, 6.07) is 3.98. The SMILES string of the molecule is N#CCc1cncnc1CC#N. The van der Waals surface area contributed by atoms with Gasteiger partial charge in [0.25, 0.3) is 0 Å². The molecule has 12 heavy (non-hydrogen) atoms. The smallest absolute Gasteiger partial charge is 0.115 e. The maximum Gasteiger partial charge on any atom is 0.115 e. The monoisotopic (exact) mass is 158 g/mol. The van der Waals surface area contributed by atoms with Gasteiger partial charge in [0.05, 0.1) is 30.7 Å². The molecule has 0 N–H and O–H groups in total. The lowest BCUT2D eigenvalue weighted by atomic mass is 10.1. The molecular formula is C8H6N4. The third-order valence-electron chi connectivity index (χ3n) is 1.40. The second-order valence-electron chi connectivity index (χ2n) is 2.16. The molecule has 0 aromatic carbocycles. The van der Waals surface area contributed by atoms with E-state index in [2.05, 4.69) is 9.97 Å². The molecule has 0 saturated carbocycles. The molecule has 0 saturated heterocycles. The van der Waals surface area contributed by atoms with Gasteiger partial charge in [-0.25, -0.2) is 9.97 Å². The Bertz CT molecular complexity index is 310. The average molecular weight is 158 g/mol. The van der Waals surface area contributed by atoms with Crippen LogP contribution >= 0.6 is 0 Å². The lowest BCUT2D eigenvalue weighted by Gasteiger charge is -1.98. The van der Waals surface area contributed by atoms with Gasteiger partial charge < -0.3 is 0 Å². The van der Waals surface area contributed by atoms with Crippen molar-refractivity contribution in [3.05, 3.63) is 23.8 Å². The number of nitriles is 2. The number of rotatable bonds is 2. The van der Waals surface area contributed by atoms with E-state index >= 15 is 0 Å². The van der Waals surface area contributed by atoms with Crippen molar-refractivity contribution in [2.75, 3.05) is 0 Å². The van der Waals surface area contributed by atoms with Crippen molar-refractivity contribution in [2.24, 2.45) is 0 Å². The molecule has 0 bridgehead atoms. The summed E-state index contributed by atoms with van der Waals surface area (Å²) in [6.07, 6.45) is 3.45. The molecule has 0 aliphatic rings. The van der Waals surface area contributed by atoms with E-state index in [9.17, 15) is 0 Å². The number of hydrogen-bond donors (Lipinski definition) is 0. The lowest BCUT2D eigenvalue weighted by Crippen LogP contribution is -1.96.